The maximum Gasteiger partial charge on any atom is 0.306 e. The minimum atomic E-state index is -0.213. The van der Waals surface area contributed by atoms with Gasteiger partial charge in [-0.2, -0.15) is 0 Å². The Morgan fingerprint density at radius 2 is 2.39 bits per heavy atom. The monoisotopic (exact) mass is 269 g/mol. The third-order valence-electron chi connectivity index (χ3n) is 2.87. The molecule has 1 aromatic rings. The Kier molecular flexibility index (Phi) is 4.44. The molecule has 1 N–H and O–H groups in total. The summed E-state index contributed by atoms with van der Waals surface area (Å²) in [6.07, 6.45) is 1.27. The zero-order valence-electron chi connectivity index (χ0n) is 10.3. The van der Waals surface area contributed by atoms with Crippen LogP contribution in [0.4, 0.5) is 0 Å². The minimum absolute atomic E-state index is 0.213. The Bertz CT molecular complexity index is 448. The first kappa shape index (κ1) is 13.2. The van der Waals surface area contributed by atoms with Crippen molar-refractivity contribution in [3.63, 3.8) is 0 Å². The van der Waals surface area contributed by atoms with Crippen molar-refractivity contribution in [3.05, 3.63) is 28.3 Å². The summed E-state index contributed by atoms with van der Waals surface area (Å²) in [6, 6.07) is 3.85. The second kappa shape index (κ2) is 6.07. The van der Waals surface area contributed by atoms with Gasteiger partial charge in [-0.25, -0.2) is 0 Å². The van der Waals surface area contributed by atoms with Crippen molar-refractivity contribution in [1.29, 1.82) is 0 Å². The number of hydrogen-bond acceptors (Lipinski definition) is 4. The maximum atomic E-state index is 11.0. The van der Waals surface area contributed by atoms with Gasteiger partial charge in [-0.3, -0.25) is 4.79 Å². The molecule has 0 amide bonds. The quantitative estimate of drug-likeness (QED) is 0.655. The van der Waals surface area contributed by atoms with E-state index in [4.69, 9.17) is 16.3 Å². The van der Waals surface area contributed by atoms with Gasteiger partial charge in [-0.05, 0) is 17.7 Å². The fourth-order valence-corrected chi connectivity index (χ4v) is 2.26. The summed E-state index contributed by atoms with van der Waals surface area (Å²) in [4.78, 5) is 11.0. The highest BCUT2D eigenvalue weighted by Gasteiger charge is 2.17. The number of carbonyl (C=O) groups excluding carboxylic acids is 1. The van der Waals surface area contributed by atoms with Gasteiger partial charge in [0, 0.05) is 30.1 Å². The maximum absolute atomic E-state index is 11.0. The van der Waals surface area contributed by atoms with E-state index in [1.807, 2.05) is 12.1 Å². The third-order valence-corrected chi connectivity index (χ3v) is 3.09. The summed E-state index contributed by atoms with van der Waals surface area (Å²) < 4.78 is 10.2. The van der Waals surface area contributed by atoms with Crippen molar-refractivity contribution >= 4 is 17.6 Å². The number of halogens is 1. The standard InChI is InChI=1S/C13H16ClNO3/c1-17-12(16)2-4-15-8-10-7-11(14)6-9-3-5-18-13(9)10/h6-7,15H,2-5,8H2,1H3. The van der Waals surface area contributed by atoms with Crippen LogP contribution in [0.25, 0.3) is 0 Å². The van der Waals surface area contributed by atoms with Gasteiger partial charge in [-0.1, -0.05) is 11.6 Å². The van der Waals surface area contributed by atoms with Crippen molar-refractivity contribution in [2.75, 3.05) is 20.3 Å². The molecule has 1 heterocycles. The van der Waals surface area contributed by atoms with Gasteiger partial charge in [0.1, 0.15) is 5.75 Å². The van der Waals surface area contributed by atoms with Gasteiger partial charge in [0.25, 0.3) is 0 Å². The van der Waals surface area contributed by atoms with Crippen molar-refractivity contribution in [3.8, 4) is 5.75 Å². The van der Waals surface area contributed by atoms with Crippen LogP contribution in [0.5, 0.6) is 5.75 Å². The van der Waals surface area contributed by atoms with Crippen LogP contribution in [0, 0.1) is 0 Å². The Morgan fingerprint density at radius 3 is 3.17 bits per heavy atom. The first-order chi connectivity index (χ1) is 8.70. The molecule has 1 aliphatic heterocycles. The Hall–Kier alpha value is -1.26. The topological polar surface area (TPSA) is 47.6 Å². The first-order valence-corrected chi connectivity index (χ1v) is 6.30. The number of hydrogen-bond donors (Lipinski definition) is 1. The predicted octanol–water partition coefficient (Wildman–Crippen LogP) is 1.93. The van der Waals surface area contributed by atoms with Gasteiger partial charge in [-0.15, -0.1) is 0 Å². The van der Waals surface area contributed by atoms with E-state index in [1.54, 1.807) is 0 Å². The van der Waals surface area contributed by atoms with Crippen LogP contribution in [0.3, 0.4) is 0 Å². The number of fused-ring (bicyclic) bond motifs is 1. The number of benzene rings is 1. The Labute approximate surface area is 111 Å². The number of carbonyl (C=O) groups is 1. The molecule has 5 heteroatoms. The molecule has 0 saturated heterocycles. The Balaban J connectivity index is 1.92. The van der Waals surface area contributed by atoms with Gasteiger partial charge in [0.05, 0.1) is 20.1 Å². The molecule has 98 valence electrons. The molecule has 0 bridgehead atoms. The van der Waals surface area contributed by atoms with Crippen molar-refractivity contribution in [1.82, 2.24) is 5.32 Å². The summed E-state index contributed by atoms with van der Waals surface area (Å²) in [5.74, 6) is 0.722. The van der Waals surface area contributed by atoms with Gasteiger partial charge in [0.2, 0.25) is 0 Å². The molecule has 1 aliphatic rings. The lowest BCUT2D eigenvalue weighted by Gasteiger charge is -2.09. The number of nitrogens with one attached hydrogen (secondary N) is 1. The molecule has 1 aromatic carbocycles. The second-order valence-electron chi connectivity index (χ2n) is 4.15. The molecule has 0 spiro atoms. The molecule has 0 radical (unpaired) electrons. The van der Waals surface area contributed by atoms with Crippen molar-refractivity contribution in [2.45, 2.75) is 19.4 Å². The Morgan fingerprint density at radius 1 is 1.56 bits per heavy atom. The van der Waals surface area contributed by atoms with Crippen LogP contribution in [0.1, 0.15) is 17.5 Å². The van der Waals surface area contributed by atoms with E-state index in [9.17, 15) is 4.79 Å². The second-order valence-corrected chi connectivity index (χ2v) is 4.59. The molecule has 2 rings (SSSR count). The SMILES string of the molecule is COC(=O)CCNCc1cc(Cl)cc2c1OCC2. The van der Waals surface area contributed by atoms with Crippen molar-refractivity contribution in [2.24, 2.45) is 0 Å². The largest absolute Gasteiger partial charge is 0.493 e. The summed E-state index contributed by atoms with van der Waals surface area (Å²) in [6.45, 7) is 1.93. The number of esters is 1. The zero-order valence-corrected chi connectivity index (χ0v) is 11.0. The van der Waals surface area contributed by atoms with E-state index >= 15 is 0 Å². The smallest absolute Gasteiger partial charge is 0.306 e. The number of ether oxygens (including phenoxy) is 2. The average Bonchev–Trinajstić information content (AvgIpc) is 2.81. The van der Waals surface area contributed by atoms with E-state index in [-0.39, 0.29) is 5.97 Å². The predicted molar refractivity (Wildman–Crippen MR) is 69.0 cm³/mol. The highest BCUT2D eigenvalue weighted by atomic mass is 35.5. The molecule has 0 saturated carbocycles. The van der Waals surface area contributed by atoms with Crippen LogP contribution in [0.2, 0.25) is 5.02 Å². The molecular formula is C13H16ClNO3. The zero-order chi connectivity index (χ0) is 13.0. The van der Waals surface area contributed by atoms with E-state index in [0.29, 0.717) is 26.1 Å². The van der Waals surface area contributed by atoms with E-state index < -0.39 is 0 Å². The van der Waals surface area contributed by atoms with Gasteiger partial charge in [0.15, 0.2) is 0 Å². The molecule has 18 heavy (non-hydrogen) atoms. The third kappa shape index (κ3) is 3.15. The van der Waals surface area contributed by atoms with E-state index in [0.717, 1.165) is 28.3 Å². The molecular weight excluding hydrogens is 254 g/mol. The van der Waals surface area contributed by atoms with E-state index in [2.05, 4.69) is 10.1 Å². The molecule has 0 unspecified atom stereocenters. The lowest BCUT2D eigenvalue weighted by atomic mass is 10.1. The van der Waals surface area contributed by atoms with Crippen LogP contribution >= 0.6 is 11.6 Å². The summed E-state index contributed by atoms with van der Waals surface area (Å²) in [5.41, 5.74) is 2.20. The molecule has 0 aliphatic carbocycles. The summed E-state index contributed by atoms with van der Waals surface area (Å²) >= 11 is 6.06. The lowest BCUT2D eigenvalue weighted by molar-refractivity contribution is -0.140. The van der Waals surface area contributed by atoms with Crippen molar-refractivity contribution < 1.29 is 14.3 Å². The molecule has 4 nitrogen and oxygen atoms in total. The fourth-order valence-electron chi connectivity index (χ4n) is 1.99. The van der Waals surface area contributed by atoms with E-state index in [1.165, 1.54) is 7.11 Å². The van der Waals surface area contributed by atoms with Crippen LogP contribution in [-0.4, -0.2) is 26.2 Å². The highest BCUT2D eigenvalue weighted by molar-refractivity contribution is 6.30. The van der Waals surface area contributed by atoms with Gasteiger partial charge >= 0.3 is 5.97 Å². The normalized spacial score (nSPS) is 13.0. The van der Waals surface area contributed by atoms with Gasteiger partial charge < -0.3 is 14.8 Å². The summed E-state index contributed by atoms with van der Waals surface area (Å²) in [5, 5.41) is 3.91. The van der Waals surface area contributed by atoms with Crippen LogP contribution < -0.4 is 10.1 Å². The first-order valence-electron chi connectivity index (χ1n) is 5.92. The lowest BCUT2D eigenvalue weighted by Crippen LogP contribution is -2.18. The molecule has 0 aromatic heterocycles. The molecule has 0 atom stereocenters. The van der Waals surface area contributed by atoms with Crippen LogP contribution in [0.15, 0.2) is 12.1 Å². The molecule has 0 fully saturated rings. The number of rotatable bonds is 5. The highest BCUT2D eigenvalue weighted by Crippen LogP contribution is 2.32. The average molecular weight is 270 g/mol. The fraction of sp³-hybridized carbons (Fsp3) is 0.462. The summed E-state index contributed by atoms with van der Waals surface area (Å²) in [7, 11) is 1.39. The number of methoxy groups -OCH3 is 1. The minimum Gasteiger partial charge on any atom is -0.493 e. The van der Waals surface area contributed by atoms with Crippen LogP contribution in [-0.2, 0) is 22.5 Å².